The number of H-pyrrole nitrogens is 1. The number of amides is 2. The fraction of sp³-hybridized carbons (Fsp3) is 0.318. The fourth-order valence-electron chi connectivity index (χ4n) is 3.12. The van der Waals surface area contributed by atoms with Crippen LogP contribution in [0.15, 0.2) is 35.3 Å². The Morgan fingerprint density at radius 3 is 2.60 bits per heavy atom. The Hall–Kier alpha value is -4.55. The SMILES string of the molecule is CCOC(=O)[C@H](CCC(=O)NC)NC(=O)c1ccc(NCc2cnc3nc(N)[nH]c(=O)c3n2)cc1. The number of hydrogen-bond donors (Lipinski definition) is 5. The Labute approximate surface area is 199 Å². The zero-order valence-corrected chi connectivity index (χ0v) is 19.3. The van der Waals surface area contributed by atoms with Crippen molar-refractivity contribution in [2.24, 2.45) is 0 Å². The predicted molar refractivity (Wildman–Crippen MR) is 127 cm³/mol. The number of ether oxygens (including phenoxy) is 1. The van der Waals surface area contributed by atoms with Crippen LogP contribution >= 0.6 is 0 Å². The second-order valence-electron chi connectivity index (χ2n) is 7.41. The molecule has 1 atom stereocenters. The summed E-state index contributed by atoms with van der Waals surface area (Å²) in [5.41, 5.74) is 6.78. The van der Waals surface area contributed by atoms with Gasteiger partial charge in [0.25, 0.3) is 11.5 Å². The minimum absolute atomic E-state index is 0.0353. The maximum atomic E-state index is 12.6. The highest BCUT2D eigenvalue weighted by atomic mass is 16.5. The minimum Gasteiger partial charge on any atom is -0.464 e. The van der Waals surface area contributed by atoms with E-state index in [1.807, 2.05) is 0 Å². The van der Waals surface area contributed by atoms with Crippen LogP contribution in [0.3, 0.4) is 0 Å². The minimum atomic E-state index is -0.947. The molecule has 0 unspecified atom stereocenters. The van der Waals surface area contributed by atoms with Crippen LogP contribution < -0.4 is 27.2 Å². The number of nitrogen functional groups attached to an aromatic ring is 1. The van der Waals surface area contributed by atoms with Crippen LogP contribution in [0.4, 0.5) is 11.6 Å². The Bertz CT molecular complexity index is 1280. The van der Waals surface area contributed by atoms with E-state index in [1.54, 1.807) is 31.2 Å². The van der Waals surface area contributed by atoms with Crippen molar-refractivity contribution in [3.63, 3.8) is 0 Å². The van der Waals surface area contributed by atoms with E-state index in [2.05, 4.69) is 35.9 Å². The number of nitrogens with one attached hydrogen (secondary N) is 4. The summed E-state index contributed by atoms with van der Waals surface area (Å²) in [6.07, 6.45) is 1.66. The molecule has 0 aliphatic rings. The number of nitrogens with zero attached hydrogens (tertiary/aromatic N) is 3. The summed E-state index contributed by atoms with van der Waals surface area (Å²) in [7, 11) is 1.50. The van der Waals surface area contributed by atoms with Crippen molar-refractivity contribution in [1.82, 2.24) is 30.6 Å². The van der Waals surface area contributed by atoms with E-state index in [1.165, 1.54) is 13.2 Å². The van der Waals surface area contributed by atoms with Crippen molar-refractivity contribution in [3.8, 4) is 0 Å². The lowest BCUT2D eigenvalue weighted by molar-refractivity contribution is -0.145. The number of aromatic nitrogens is 4. The van der Waals surface area contributed by atoms with E-state index in [0.29, 0.717) is 16.9 Å². The molecule has 35 heavy (non-hydrogen) atoms. The average molecular weight is 483 g/mol. The Morgan fingerprint density at radius 1 is 1.17 bits per heavy atom. The molecule has 3 rings (SSSR count). The van der Waals surface area contributed by atoms with Gasteiger partial charge in [-0.2, -0.15) is 4.98 Å². The van der Waals surface area contributed by atoms with Crippen LogP contribution in [0.5, 0.6) is 0 Å². The molecule has 0 bridgehead atoms. The molecule has 2 amide bonds. The molecule has 3 aromatic rings. The number of anilines is 2. The average Bonchev–Trinajstić information content (AvgIpc) is 2.85. The molecule has 0 saturated heterocycles. The van der Waals surface area contributed by atoms with E-state index >= 15 is 0 Å². The molecule has 0 spiro atoms. The number of esters is 1. The highest BCUT2D eigenvalue weighted by Gasteiger charge is 2.23. The molecule has 2 aromatic heterocycles. The fourth-order valence-corrected chi connectivity index (χ4v) is 3.12. The molecule has 13 heteroatoms. The van der Waals surface area contributed by atoms with E-state index in [0.717, 1.165) is 0 Å². The Balaban J connectivity index is 1.62. The highest BCUT2D eigenvalue weighted by molar-refractivity contribution is 5.97. The van der Waals surface area contributed by atoms with Gasteiger partial charge in [0.2, 0.25) is 11.9 Å². The van der Waals surface area contributed by atoms with E-state index in [4.69, 9.17) is 10.5 Å². The van der Waals surface area contributed by atoms with E-state index < -0.39 is 23.5 Å². The van der Waals surface area contributed by atoms with Gasteiger partial charge in [0.05, 0.1) is 25.0 Å². The lowest BCUT2D eigenvalue weighted by Crippen LogP contribution is -2.42. The molecule has 0 radical (unpaired) electrons. The van der Waals surface area contributed by atoms with Gasteiger partial charge in [0.15, 0.2) is 11.2 Å². The molecule has 0 aliphatic carbocycles. The predicted octanol–water partition coefficient (Wildman–Crippen LogP) is 0.0951. The normalized spacial score (nSPS) is 11.5. The lowest BCUT2D eigenvalue weighted by Gasteiger charge is -2.17. The number of benzene rings is 1. The number of carbonyl (C=O) groups excluding carboxylic acids is 3. The van der Waals surface area contributed by atoms with Gasteiger partial charge in [0, 0.05) is 24.7 Å². The summed E-state index contributed by atoms with van der Waals surface area (Å²) in [5.74, 6) is -1.36. The van der Waals surface area contributed by atoms with Crippen LogP contribution in [-0.4, -0.2) is 57.4 Å². The zero-order chi connectivity index (χ0) is 25.4. The molecular weight excluding hydrogens is 456 g/mol. The molecule has 0 aliphatic heterocycles. The van der Waals surface area contributed by atoms with Gasteiger partial charge in [-0.15, -0.1) is 0 Å². The molecule has 0 saturated carbocycles. The third kappa shape index (κ3) is 6.72. The van der Waals surface area contributed by atoms with Crippen molar-refractivity contribution in [2.45, 2.75) is 32.4 Å². The molecule has 13 nitrogen and oxygen atoms in total. The molecule has 0 fully saturated rings. The molecular formula is C22H26N8O5. The van der Waals surface area contributed by atoms with Crippen molar-refractivity contribution >= 4 is 40.6 Å². The standard InChI is InChI=1S/C22H26N8O5/c1-3-35-21(34)15(8-9-16(31)24-2)28-19(32)12-4-6-13(7-5-12)25-10-14-11-26-18-17(27-14)20(33)30-22(23)29-18/h4-7,11,15,25H,3,8-10H2,1-2H3,(H,24,31)(H,28,32)(H3,23,26,29,30,33)/t15-/m0/s1. The summed E-state index contributed by atoms with van der Waals surface area (Å²) in [5, 5.41) is 8.22. The van der Waals surface area contributed by atoms with Crippen molar-refractivity contribution < 1.29 is 19.1 Å². The maximum Gasteiger partial charge on any atom is 0.328 e. The summed E-state index contributed by atoms with van der Waals surface area (Å²) < 4.78 is 5.00. The number of fused-ring (bicyclic) bond motifs is 1. The van der Waals surface area contributed by atoms with Crippen molar-refractivity contribution in [3.05, 3.63) is 52.1 Å². The van der Waals surface area contributed by atoms with Gasteiger partial charge >= 0.3 is 5.97 Å². The van der Waals surface area contributed by atoms with E-state index in [-0.39, 0.29) is 49.0 Å². The summed E-state index contributed by atoms with van der Waals surface area (Å²) in [6, 6.07) is 5.59. The number of aromatic amines is 1. The maximum absolute atomic E-state index is 12.6. The summed E-state index contributed by atoms with van der Waals surface area (Å²) >= 11 is 0. The first-order chi connectivity index (χ1) is 16.8. The molecule has 2 heterocycles. The molecule has 184 valence electrons. The molecule has 1 aromatic carbocycles. The van der Waals surface area contributed by atoms with Crippen LogP contribution in [0.25, 0.3) is 11.2 Å². The Kier molecular flexibility index (Phi) is 8.27. The topological polar surface area (TPSA) is 194 Å². The number of nitrogens with two attached hydrogens (primary N) is 1. The Morgan fingerprint density at radius 2 is 1.91 bits per heavy atom. The third-order valence-corrected chi connectivity index (χ3v) is 4.92. The second kappa shape index (κ2) is 11.5. The van der Waals surface area contributed by atoms with Gasteiger partial charge in [-0.05, 0) is 37.6 Å². The quantitative estimate of drug-likeness (QED) is 0.247. The highest BCUT2D eigenvalue weighted by Crippen LogP contribution is 2.12. The van der Waals surface area contributed by atoms with Crippen LogP contribution in [0.1, 0.15) is 35.8 Å². The number of hydrogen-bond acceptors (Lipinski definition) is 10. The number of carbonyl (C=O) groups is 3. The lowest BCUT2D eigenvalue weighted by atomic mass is 10.1. The van der Waals surface area contributed by atoms with Crippen LogP contribution in [-0.2, 0) is 20.9 Å². The summed E-state index contributed by atoms with van der Waals surface area (Å²) in [6.45, 7) is 2.09. The van der Waals surface area contributed by atoms with Crippen LogP contribution in [0.2, 0.25) is 0 Å². The monoisotopic (exact) mass is 482 g/mol. The van der Waals surface area contributed by atoms with Gasteiger partial charge in [-0.3, -0.25) is 19.4 Å². The smallest absolute Gasteiger partial charge is 0.328 e. The zero-order valence-electron chi connectivity index (χ0n) is 19.3. The van der Waals surface area contributed by atoms with Gasteiger partial charge in [-0.1, -0.05) is 0 Å². The van der Waals surface area contributed by atoms with Gasteiger partial charge in [-0.25, -0.2) is 14.8 Å². The number of rotatable bonds is 10. The first-order valence-corrected chi connectivity index (χ1v) is 10.8. The summed E-state index contributed by atoms with van der Waals surface area (Å²) in [4.78, 5) is 63.0. The van der Waals surface area contributed by atoms with Gasteiger partial charge in [0.1, 0.15) is 6.04 Å². The molecule has 6 N–H and O–H groups in total. The largest absolute Gasteiger partial charge is 0.464 e. The van der Waals surface area contributed by atoms with Gasteiger partial charge < -0.3 is 26.4 Å². The third-order valence-electron chi connectivity index (χ3n) is 4.92. The van der Waals surface area contributed by atoms with E-state index in [9.17, 15) is 19.2 Å². The second-order valence-corrected chi connectivity index (χ2v) is 7.41. The van der Waals surface area contributed by atoms with Crippen molar-refractivity contribution in [2.75, 3.05) is 24.7 Å². The van der Waals surface area contributed by atoms with Crippen LogP contribution in [0, 0.1) is 0 Å². The van der Waals surface area contributed by atoms with Crippen molar-refractivity contribution in [1.29, 1.82) is 0 Å². The first-order valence-electron chi connectivity index (χ1n) is 10.8. The first kappa shape index (κ1) is 25.1.